The molecule has 0 atom stereocenters. The lowest BCUT2D eigenvalue weighted by molar-refractivity contribution is -0.386. The van der Waals surface area contributed by atoms with Gasteiger partial charge in [0.15, 0.2) is 0 Å². The number of rotatable bonds is 4. The molecule has 116 valence electrons. The Bertz CT molecular complexity index is 755. The van der Waals surface area contributed by atoms with E-state index >= 15 is 0 Å². The number of halogens is 1. The third kappa shape index (κ3) is 3.33. The molecule has 0 bridgehead atoms. The van der Waals surface area contributed by atoms with Crippen molar-refractivity contribution in [2.75, 3.05) is 0 Å². The minimum Gasteiger partial charge on any atom is -0.424 e. The minimum atomic E-state index is -0.551. The molecule has 0 aliphatic rings. The van der Waals surface area contributed by atoms with Gasteiger partial charge in [-0.3, -0.25) is 14.8 Å². The standard InChI is InChI=1S/C14H14BrN3O4/c1-8-4-5-12(11(15)6-8)22-13(19)7-17-10(3)14(18(20)21)9(2)16-17/h4-6H,7H2,1-3H3. The highest BCUT2D eigenvalue weighted by atomic mass is 79.9. The average molecular weight is 368 g/mol. The van der Waals surface area contributed by atoms with Crippen LogP contribution >= 0.6 is 15.9 Å². The second-order valence-electron chi connectivity index (χ2n) is 4.84. The van der Waals surface area contributed by atoms with Gasteiger partial charge in [-0.05, 0) is 54.4 Å². The first kappa shape index (κ1) is 16.2. The van der Waals surface area contributed by atoms with Crippen molar-refractivity contribution in [3.05, 3.63) is 49.7 Å². The van der Waals surface area contributed by atoms with Crippen LogP contribution in [0.15, 0.2) is 22.7 Å². The molecular formula is C14H14BrN3O4. The molecule has 1 heterocycles. The van der Waals surface area contributed by atoms with Crippen LogP contribution in [0.2, 0.25) is 0 Å². The van der Waals surface area contributed by atoms with Gasteiger partial charge in [-0.1, -0.05) is 6.07 Å². The number of aryl methyl sites for hydroxylation is 2. The lowest BCUT2D eigenvalue weighted by atomic mass is 10.2. The largest absolute Gasteiger partial charge is 0.424 e. The SMILES string of the molecule is Cc1ccc(OC(=O)Cn2nc(C)c([N+](=O)[O-])c2C)c(Br)c1. The number of hydrogen-bond donors (Lipinski definition) is 0. The monoisotopic (exact) mass is 367 g/mol. The van der Waals surface area contributed by atoms with Gasteiger partial charge in [0.1, 0.15) is 23.7 Å². The van der Waals surface area contributed by atoms with Gasteiger partial charge in [-0.25, -0.2) is 4.79 Å². The summed E-state index contributed by atoms with van der Waals surface area (Å²) in [7, 11) is 0. The number of benzene rings is 1. The van der Waals surface area contributed by atoms with E-state index in [2.05, 4.69) is 21.0 Å². The van der Waals surface area contributed by atoms with Gasteiger partial charge in [0.05, 0.1) is 9.40 Å². The van der Waals surface area contributed by atoms with Crippen LogP contribution in [0.1, 0.15) is 17.0 Å². The van der Waals surface area contributed by atoms with Crippen molar-refractivity contribution in [2.45, 2.75) is 27.3 Å². The van der Waals surface area contributed by atoms with E-state index in [9.17, 15) is 14.9 Å². The first-order valence-corrected chi connectivity index (χ1v) is 7.24. The van der Waals surface area contributed by atoms with Gasteiger partial charge < -0.3 is 4.74 Å². The lowest BCUT2D eigenvalue weighted by Gasteiger charge is -2.07. The highest BCUT2D eigenvalue weighted by molar-refractivity contribution is 9.10. The van der Waals surface area contributed by atoms with Crippen LogP contribution in [0.25, 0.3) is 0 Å². The number of esters is 1. The molecule has 0 unspecified atom stereocenters. The van der Waals surface area contributed by atoms with Crippen molar-refractivity contribution in [1.82, 2.24) is 9.78 Å². The fourth-order valence-corrected chi connectivity index (χ4v) is 2.65. The fraction of sp³-hybridized carbons (Fsp3) is 0.286. The quantitative estimate of drug-likeness (QED) is 0.358. The summed E-state index contributed by atoms with van der Waals surface area (Å²) in [6, 6.07) is 5.33. The molecule has 1 aromatic carbocycles. The van der Waals surface area contributed by atoms with Crippen molar-refractivity contribution in [3.8, 4) is 5.75 Å². The zero-order valence-electron chi connectivity index (χ0n) is 12.3. The first-order valence-electron chi connectivity index (χ1n) is 6.45. The van der Waals surface area contributed by atoms with E-state index in [0.29, 0.717) is 15.9 Å². The van der Waals surface area contributed by atoms with E-state index in [0.717, 1.165) is 5.56 Å². The molecular weight excluding hydrogens is 354 g/mol. The molecule has 0 radical (unpaired) electrons. The molecule has 0 fully saturated rings. The van der Waals surface area contributed by atoms with Crippen molar-refractivity contribution < 1.29 is 14.5 Å². The zero-order valence-corrected chi connectivity index (χ0v) is 13.9. The number of nitro groups is 1. The second-order valence-corrected chi connectivity index (χ2v) is 5.70. The van der Waals surface area contributed by atoms with Crippen LogP contribution in [0.5, 0.6) is 5.75 Å². The predicted octanol–water partition coefficient (Wildman–Crippen LogP) is 3.08. The highest BCUT2D eigenvalue weighted by Crippen LogP contribution is 2.26. The maximum atomic E-state index is 12.0. The molecule has 1 aromatic heterocycles. The molecule has 0 amide bonds. The summed E-state index contributed by atoms with van der Waals surface area (Å²) in [5, 5.41) is 15.0. The molecule has 0 aliphatic carbocycles. The van der Waals surface area contributed by atoms with Crippen molar-refractivity contribution in [1.29, 1.82) is 0 Å². The average Bonchev–Trinajstić information content (AvgIpc) is 2.67. The summed E-state index contributed by atoms with van der Waals surface area (Å²) in [4.78, 5) is 22.4. The van der Waals surface area contributed by atoms with Crippen LogP contribution in [0, 0.1) is 30.9 Å². The zero-order chi connectivity index (χ0) is 16.4. The maximum absolute atomic E-state index is 12.0. The van der Waals surface area contributed by atoms with Gasteiger partial charge in [0, 0.05) is 0 Å². The number of nitrogens with zero attached hydrogens (tertiary/aromatic N) is 3. The summed E-state index contributed by atoms with van der Waals surface area (Å²) in [6.07, 6.45) is 0. The molecule has 0 saturated carbocycles. The smallest absolute Gasteiger partial charge is 0.333 e. The number of carbonyl (C=O) groups excluding carboxylic acids is 1. The Labute approximate surface area is 135 Å². The molecule has 0 N–H and O–H groups in total. The van der Waals surface area contributed by atoms with Crippen LogP contribution < -0.4 is 4.74 Å². The Morgan fingerprint density at radius 2 is 2.09 bits per heavy atom. The molecule has 0 saturated heterocycles. The topological polar surface area (TPSA) is 87.3 Å². The van der Waals surface area contributed by atoms with Crippen molar-refractivity contribution >= 4 is 27.6 Å². The van der Waals surface area contributed by atoms with E-state index in [1.54, 1.807) is 13.0 Å². The lowest BCUT2D eigenvalue weighted by Crippen LogP contribution is -2.18. The Morgan fingerprint density at radius 3 is 2.64 bits per heavy atom. The van der Waals surface area contributed by atoms with Crippen LogP contribution in [0.4, 0.5) is 5.69 Å². The van der Waals surface area contributed by atoms with Crippen molar-refractivity contribution in [3.63, 3.8) is 0 Å². The second kappa shape index (κ2) is 6.27. The molecule has 8 heteroatoms. The molecule has 2 rings (SSSR count). The number of aromatic nitrogens is 2. The van der Waals surface area contributed by atoms with Gasteiger partial charge in [-0.15, -0.1) is 0 Å². The minimum absolute atomic E-state index is 0.0793. The summed E-state index contributed by atoms with van der Waals surface area (Å²) in [6.45, 7) is 4.81. The third-order valence-electron chi connectivity index (χ3n) is 3.12. The molecule has 22 heavy (non-hydrogen) atoms. The molecule has 0 spiro atoms. The highest BCUT2D eigenvalue weighted by Gasteiger charge is 2.23. The van der Waals surface area contributed by atoms with E-state index < -0.39 is 10.9 Å². The van der Waals surface area contributed by atoms with Gasteiger partial charge in [0.2, 0.25) is 0 Å². The van der Waals surface area contributed by atoms with Gasteiger partial charge in [-0.2, -0.15) is 5.10 Å². The van der Waals surface area contributed by atoms with Crippen LogP contribution in [-0.2, 0) is 11.3 Å². The number of ether oxygens (including phenoxy) is 1. The predicted molar refractivity (Wildman–Crippen MR) is 82.9 cm³/mol. The van der Waals surface area contributed by atoms with E-state index in [1.165, 1.54) is 11.6 Å². The van der Waals surface area contributed by atoms with E-state index in [4.69, 9.17) is 4.74 Å². The maximum Gasteiger partial charge on any atom is 0.333 e. The number of hydrogen-bond acceptors (Lipinski definition) is 5. The van der Waals surface area contributed by atoms with Crippen LogP contribution in [0.3, 0.4) is 0 Å². The van der Waals surface area contributed by atoms with Crippen LogP contribution in [-0.4, -0.2) is 20.7 Å². The Balaban J connectivity index is 2.16. The Kier molecular flexibility index (Phi) is 4.60. The summed E-state index contributed by atoms with van der Waals surface area (Å²) < 4.78 is 7.19. The van der Waals surface area contributed by atoms with Gasteiger partial charge >= 0.3 is 11.7 Å². The third-order valence-corrected chi connectivity index (χ3v) is 3.74. The fourth-order valence-electron chi connectivity index (χ4n) is 2.07. The molecule has 0 aliphatic heterocycles. The summed E-state index contributed by atoms with van der Waals surface area (Å²) in [5.74, 6) is -0.156. The number of carbonyl (C=O) groups is 1. The molecule has 7 nitrogen and oxygen atoms in total. The Hall–Kier alpha value is -2.22. The van der Waals surface area contributed by atoms with Gasteiger partial charge in [0.25, 0.3) is 0 Å². The normalized spacial score (nSPS) is 10.5. The van der Waals surface area contributed by atoms with Crippen molar-refractivity contribution in [2.24, 2.45) is 0 Å². The Morgan fingerprint density at radius 1 is 1.41 bits per heavy atom. The molecule has 2 aromatic rings. The van der Waals surface area contributed by atoms with E-state index in [-0.39, 0.29) is 17.9 Å². The first-order chi connectivity index (χ1) is 10.3. The summed E-state index contributed by atoms with van der Waals surface area (Å²) >= 11 is 3.32. The van der Waals surface area contributed by atoms with E-state index in [1.807, 2.05) is 19.1 Å². The summed E-state index contributed by atoms with van der Waals surface area (Å²) in [5.41, 5.74) is 1.54.